The van der Waals surface area contributed by atoms with Gasteiger partial charge >= 0.3 is 0 Å². The van der Waals surface area contributed by atoms with Gasteiger partial charge in [-0.2, -0.15) is 0 Å². The molecule has 0 radical (unpaired) electrons. The molecule has 148 valence electrons. The third-order valence-corrected chi connectivity index (χ3v) is 7.11. The first-order valence-electron chi connectivity index (χ1n) is 10.1. The topological polar surface area (TPSA) is 52.2 Å². The number of fused-ring (bicyclic) bond motifs is 2. The van der Waals surface area contributed by atoms with Gasteiger partial charge in [0, 0.05) is 43.3 Å². The molecule has 5 rings (SSSR count). The molecule has 0 spiro atoms. The van der Waals surface area contributed by atoms with Crippen molar-refractivity contribution in [1.29, 1.82) is 0 Å². The molecule has 0 aliphatic carbocycles. The van der Waals surface area contributed by atoms with E-state index in [1.807, 2.05) is 35.4 Å². The highest BCUT2D eigenvalue weighted by molar-refractivity contribution is 7.18. The first-order valence-corrected chi connectivity index (χ1v) is 10.9. The number of H-pyrrole nitrogens is 1. The Kier molecular flexibility index (Phi) is 4.81. The fourth-order valence-electron chi connectivity index (χ4n) is 4.14. The Bertz CT molecular complexity index is 1120. The van der Waals surface area contributed by atoms with E-state index in [4.69, 9.17) is 4.98 Å². The molecular weight excluding hydrogens is 380 g/mol. The minimum Gasteiger partial charge on any atom is -0.361 e. The van der Waals surface area contributed by atoms with E-state index in [1.165, 1.54) is 4.70 Å². The normalized spacial score (nSPS) is 16.5. The highest BCUT2D eigenvalue weighted by atomic mass is 32.1. The molecule has 1 unspecified atom stereocenters. The van der Waals surface area contributed by atoms with E-state index in [0.717, 1.165) is 53.2 Å². The van der Waals surface area contributed by atoms with Crippen LogP contribution in [-0.2, 0) is 11.2 Å². The van der Waals surface area contributed by atoms with Crippen LogP contribution < -0.4 is 0 Å². The second kappa shape index (κ2) is 7.61. The molecule has 1 amide bonds. The standard InChI is InChI=1S/C23H24N4OS/c1-16(23-25-20-8-4-5-9-21(20)29-23)26-10-12-27(13-11-26)22(28)14-17-15-24-19-7-3-2-6-18(17)19/h2-9,15-16,24H,10-14H2,1H3. The van der Waals surface area contributed by atoms with Crippen LogP contribution in [0, 0.1) is 0 Å². The predicted octanol–water partition coefficient (Wildman–Crippen LogP) is 4.23. The van der Waals surface area contributed by atoms with Gasteiger partial charge in [-0.15, -0.1) is 11.3 Å². The van der Waals surface area contributed by atoms with Gasteiger partial charge in [0.2, 0.25) is 5.91 Å². The minimum atomic E-state index is 0.210. The van der Waals surface area contributed by atoms with Crippen molar-refractivity contribution in [3.63, 3.8) is 0 Å². The van der Waals surface area contributed by atoms with Crippen LogP contribution in [0.15, 0.2) is 54.7 Å². The molecule has 1 aliphatic heterocycles. The predicted molar refractivity (Wildman–Crippen MR) is 118 cm³/mol. The smallest absolute Gasteiger partial charge is 0.227 e. The number of piperazine rings is 1. The fraction of sp³-hybridized carbons (Fsp3) is 0.304. The maximum Gasteiger partial charge on any atom is 0.227 e. The molecule has 5 nitrogen and oxygen atoms in total. The number of benzene rings is 2. The Morgan fingerprint density at radius 3 is 2.69 bits per heavy atom. The summed E-state index contributed by atoms with van der Waals surface area (Å²) in [4.78, 5) is 25.4. The number of nitrogens with zero attached hydrogens (tertiary/aromatic N) is 3. The van der Waals surface area contributed by atoms with Crippen molar-refractivity contribution in [1.82, 2.24) is 19.8 Å². The molecule has 0 saturated carbocycles. The molecule has 2 aromatic carbocycles. The van der Waals surface area contributed by atoms with E-state index >= 15 is 0 Å². The van der Waals surface area contributed by atoms with E-state index in [-0.39, 0.29) is 11.9 Å². The van der Waals surface area contributed by atoms with E-state index in [9.17, 15) is 4.79 Å². The Morgan fingerprint density at radius 1 is 1.10 bits per heavy atom. The van der Waals surface area contributed by atoms with Crippen molar-refractivity contribution in [2.45, 2.75) is 19.4 Å². The third-order valence-electron chi connectivity index (χ3n) is 5.90. The maximum absolute atomic E-state index is 12.9. The summed E-state index contributed by atoms with van der Waals surface area (Å²) in [5, 5.41) is 2.30. The van der Waals surface area contributed by atoms with E-state index in [0.29, 0.717) is 6.42 Å². The highest BCUT2D eigenvalue weighted by Gasteiger charge is 2.26. The van der Waals surface area contributed by atoms with Gasteiger partial charge in [-0.25, -0.2) is 4.98 Å². The third kappa shape index (κ3) is 3.54. The molecule has 1 N–H and O–H groups in total. The summed E-state index contributed by atoms with van der Waals surface area (Å²) in [5.41, 5.74) is 3.24. The second-order valence-corrected chi connectivity index (χ2v) is 8.71. The number of hydrogen-bond donors (Lipinski definition) is 1. The number of thiazole rings is 1. The van der Waals surface area contributed by atoms with Crippen LogP contribution in [0.4, 0.5) is 0 Å². The molecule has 1 fully saturated rings. The molecule has 6 heteroatoms. The van der Waals surface area contributed by atoms with Gasteiger partial charge in [0.15, 0.2) is 0 Å². The largest absolute Gasteiger partial charge is 0.361 e. The zero-order valence-electron chi connectivity index (χ0n) is 16.5. The van der Waals surface area contributed by atoms with Gasteiger partial charge in [-0.3, -0.25) is 9.69 Å². The van der Waals surface area contributed by atoms with Gasteiger partial charge in [-0.1, -0.05) is 30.3 Å². The number of hydrogen-bond acceptors (Lipinski definition) is 4. The quantitative estimate of drug-likeness (QED) is 0.554. The minimum absolute atomic E-state index is 0.210. The number of nitrogens with one attached hydrogen (secondary N) is 1. The fourth-order valence-corrected chi connectivity index (χ4v) is 5.19. The number of aromatic nitrogens is 2. The molecule has 1 atom stereocenters. The lowest BCUT2D eigenvalue weighted by Gasteiger charge is -2.37. The maximum atomic E-state index is 12.9. The van der Waals surface area contributed by atoms with Crippen LogP contribution in [0.1, 0.15) is 23.5 Å². The summed E-state index contributed by atoms with van der Waals surface area (Å²) in [7, 11) is 0. The number of carbonyl (C=O) groups is 1. The van der Waals surface area contributed by atoms with Crippen LogP contribution in [0.5, 0.6) is 0 Å². The van der Waals surface area contributed by atoms with E-state index < -0.39 is 0 Å². The van der Waals surface area contributed by atoms with Gasteiger partial charge in [-0.05, 0) is 30.7 Å². The summed E-state index contributed by atoms with van der Waals surface area (Å²) in [6.45, 7) is 5.54. The first-order chi connectivity index (χ1) is 14.2. The number of para-hydroxylation sites is 2. The molecule has 1 aliphatic rings. The monoisotopic (exact) mass is 404 g/mol. The SMILES string of the molecule is CC(c1nc2ccccc2s1)N1CCN(C(=O)Cc2c[nH]c3ccccc23)CC1. The van der Waals surface area contributed by atoms with Gasteiger partial charge in [0.1, 0.15) is 5.01 Å². The lowest BCUT2D eigenvalue weighted by Crippen LogP contribution is -2.49. The van der Waals surface area contributed by atoms with Gasteiger partial charge in [0.05, 0.1) is 22.7 Å². The second-order valence-electron chi connectivity index (χ2n) is 7.65. The van der Waals surface area contributed by atoms with Crippen molar-refractivity contribution < 1.29 is 4.79 Å². The zero-order valence-corrected chi connectivity index (χ0v) is 17.3. The summed E-state index contributed by atoms with van der Waals surface area (Å²) in [6, 6.07) is 16.7. The van der Waals surface area contributed by atoms with Crippen LogP contribution >= 0.6 is 11.3 Å². The summed E-state index contributed by atoms with van der Waals surface area (Å²) < 4.78 is 1.24. The van der Waals surface area contributed by atoms with Crippen LogP contribution in [0.25, 0.3) is 21.1 Å². The lowest BCUT2D eigenvalue weighted by atomic mass is 10.1. The van der Waals surface area contributed by atoms with Crippen LogP contribution in [-0.4, -0.2) is 51.9 Å². The molecule has 29 heavy (non-hydrogen) atoms. The van der Waals surface area contributed by atoms with E-state index in [2.05, 4.69) is 41.1 Å². The number of carbonyl (C=O) groups excluding carboxylic acids is 1. The van der Waals surface area contributed by atoms with Gasteiger partial charge in [0.25, 0.3) is 0 Å². The Hall–Kier alpha value is -2.70. The number of amides is 1. The van der Waals surface area contributed by atoms with Crippen molar-refractivity contribution in [2.75, 3.05) is 26.2 Å². The average molecular weight is 405 g/mol. The Labute approximate surface area is 174 Å². The zero-order chi connectivity index (χ0) is 19.8. The summed E-state index contributed by atoms with van der Waals surface area (Å²) in [5.74, 6) is 0.210. The van der Waals surface area contributed by atoms with Crippen LogP contribution in [0.2, 0.25) is 0 Å². The first kappa shape index (κ1) is 18.3. The number of aromatic amines is 1. The van der Waals surface area contributed by atoms with Crippen molar-refractivity contribution in [3.8, 4) is 0 Å². The highest BCUT2D eigenvalue weighted by Crippen LogP contribution is 2.30. The molecular formula is C23H24N4OS. The number of rotatable bonds is 4. The summed E-state index contributed by atoms with van der Waals surface area (Å²) >= 11 is 1.77. The van der Waals surface area contributed by atoms with Gasteiger partial charge < -0.3 is 9.88 Å². The lowest BCUT2D eigenvalue weighted by molar-refractivity contribution is -0.132. The van der Waals surface area contributed by atoms with Crippen LogP contribution in [0.3, 0.4) is 0 Å². The van der Waals surface area contributed by atoms with E-state index in [1.54, 1.807) is 11.3 Å². The van der Waals surface area contributed by atoms with Crippen molar-refractivity contribution in [2.24, 2.45) is 0 Å². The molecule has 2 aromatic heterocycles. The molecule has 0 bridgehead atoms. The molecule has 3 heterocycles. The Balaban J connectivity index is 1.22. The molecule has 1 saturated heterocycles. The van der Waals surface area contributed by atoms with Crippen molar-refractivity contribution in [3.05, 3.63) is 65.3 Å². The summed E-state index contributed by atoms with van der Waals surface area (Å²) in [6.07, 6.45) is 2.42. The Morgan fingerprint density at radius 2 is 1.86 bits per heavy atom. The average Bonchev–Trinajstić information content (AvgIpc) is 3.38. The van der Waals surface area contributed by atoms with Crippen molar-refractivity contribution >= 4 is 38.4 Å². The molecule has 4 aromatic rings.